The summed E-state index contributed by atoms with van der Waals surface area (Å²) in [6.07, 6.45) is -0.791. The van der Waals surface area contributed by atoms with Crippen LogP contribution in [0.2, 0.25) is 0 Å². The number of aliphatic carboxylic acids is 1. The maximum atomic E-state index is 11.7. The topological polar surface area (TPSA) is 127 Å². The number of carboxylic acid groups (broad SMARTS) is 1. The number of hydrogen-bond acceptors (Lipinski definition) is 7. The highest BCUT2D eigenvalue weighted by Gasteiger charge is 2.33. The molecule has 0 heterocycles. The fraction of sp³-hybridized carbons (Fsp3) is 0.250. The molecule has 0 amide bonds. The first-order valence-electron chi connectivity index (χ1n) is 6.82. The van der Waals surface area contributed by atoms with Gasteiger partial charge in [0.2, 0.25) is 0 Å². The van der Waals surface area contributed by atoms with Gasteiger partial charge in [-0.25, -0.2) is 4.79 Å². The second-order valence-electron chi connectivity index (χ2n) is 5.06. The highest BCUT2D eigenvalue weighted by atomic mass is 16.6. The van der Waals surface area contributed by atoms with E-state index in [0.717, 1.165) is 12.2 Å². The molecule has 122 valence electrons. The Morgan fingerprint density at radius 2 is 1.87 bits per heavy atom. The smallest absolute Gasteiger partial charge is 0.331 e. The van der Waals surface area contributed by atoms with E-state index in [1.807, 2.05) is 0 Å². The van der Waals surface area contributed by atoms with Crippen LogP contribution in [0.15, 0.2) is 42.0 Å². The maximum Gasteiger partial charge on any atom is 0.331 e. The van der Waals surface area contributed by atoms with Crippen LogP contribution in [0.25, 0.3) is 6.08 Å². The molecule has 0 bridgehead atoms. The van der Waals surface area contributed by atoms with Crippen LogP contribution < -0.4 is 5.11 Å². The molecule has 1 aromatic carbocycles. The van der Waals surface area contributed by atoms with Crippen LogP contribution in [0.3, 0.4) is 0 Å². The largest absolute Gasteiger partial charge is 0.545 e. The van der Waals surface area contributed by atoms with Crippen LogP contribution in [-0.2, 0) is 14.3 Å². The Labute approximate surface area is 131 Å². The lowest BCUT2D eigenvalue weighted by Crippen LogP contribution is -2.44. The van der Waals surface area contributed by atoms with Crippen molar-refractivity contribution in [3.8, 4) is 5.75 Å². The van der Waals surface area contributed by atoms with Crippen LogP contribution in [0.1, 0.15) is 12.0 Å². The predicted octanol–water partition coefficient (Wildman–Crippen LogP) is -0.881. The lowest BCUT2D eigenvalue weighted by Gasteiger charge is -2.30. The van der Waals surface area contributed by atoms with Crippen LogP contribution in [-0.4, -0.2) is 45.6 Å². The molecule has 0 aliphatic heterocycles. The Morgan fingerprint density at radius 3 is 2.48 bits per heavy atom. The number of benzene rings is 1. The van der Waals surface area contributed by atoms with Gasteiger partial charge in [-0.15, -0.1) is 0 Å². The fourth-order valence-corrected chi connectivity index (χ4v) is 2.13. The minimum Gasteiger partial charge on any atom is -0.545 e. The minimum absolute atomic E-state index is 0.0886. The first-order valence-corrected chi connectivity index (χ1v) is 6.82. The first kappa shape index (κ1) is 16.7. The van der Waals surface area contributed by atoms with Gasteiger partial charge in [-0.05, 0) is 35.4 Å². The van der Waals surface area contributed by atoms with Gasteiger partial charge in [0, 0.05) is 12.5 Å². The molecule has 0 saturated heterocycles. The number of carboxylic acids is 1. The molecule has 7 heteroatoms. The molecular formula is C16H15O7-. The highest BCUT2D eigenvalue weighted by Crippen LogP contribution is 2.22. The molecular weight excluding hydrogens is 304 g/mol. The van der Waals surface area contributed by atoms with Gasteiger partial charge in [0.15, 0.2) is 0 Å². The average molecular weight is 319 g/mol. The Kier molecular flexibility index (Phi) is 5.15. The summed E-state index contributed by atoms with van der Waals surface area (Å²) in [6.45, 7) is 0. The zero-order valence-electron chi connectivity index (χ0n) is 12.0. The van der Waals surface area contributed by atoms with E-state index in [4.69, 9.17) is 9.84 Å². The van der Waals surface area contributed by atoms with E-state index in [1.54, 1.807) is 12.1 Å². The van der Waals surface area contributed by atoms with Crippen LogP contribution in [0.5, 0.6) is 5.75 Å². The van der Waals surface area contributed by atoms with Gasteiger partial charge in [-0.2, -0.15) is 0 Å². The van der Waals surface area contributed by atoms with E-state index in [2.05, 4.69) is 0 Å². The van der Waals surface area contributed by atoms with Crippen molar-refractivity contribution in [1.29, 1.82) is 0 Å². The fourth-order valence-electron chi connectivity index (χ4n) is 2.13. The van der Waals surface area contributed by atoms with Crippen molar-refractivity contribution < 1.29 is 34.8 Å². The van der Waals surface area contributed by atoms with Gasteiger partial charge < -0.3 is 30.0 Å². The van der Waals surface area contributed by atoms with Crippen LogP contribution in [0.4, 0.5) is 0 Å². The summed E-state index contributed by atoms with van der Waals surface area (Å²) in [5.41, 5.74) is 0.405. The summed E-state index contributed by atoms with van der Waals surface area (Å²) in [7, 11) is 0. The van der Waals surface area contributed by atoms with Crippen molar-refractivity contribution in [2.45, 2.75) is 24.7 Å². The third-order valence-corrected chi connectivity index (χ3v) is 3.36. The SMILES string of the molecule is O=C(/C=C/c1ccc(O)cc1)OC1CC(C(=O)[O-])=CC(O)C1O. The van der Waals surface area contributed by atoms with Gasteiger partial charge in [0.1, 0.15) is 24.1 Å². The Balaban J connectivity index is 2.00. The number of aliphatic hydroxyl groups excluding tert-OH is 2. The molecule has 1 aliphatic carbocycles. The molecule has 0 fully saturated rings. The lowest BCUT2D eigenvalue weighted by atomic mass is 9.92. The van der Waals surface area contributed by atoms with Gasteiger partial charge in [0.05, 0.1) is 5.97 Å². The summed E-state index contributed by atoms with van der Waals surface area (Å²) in [5, 5.41) is 39.3. The van der Waals surface area contributed by atoms with E-state index >= 15 is 0 Å². The van der Waals surface area contributed by atoms with E-state index in [9.17, 15) is 24.9 Å². The van der Waals surface area contributed by atoms with Gasteiger partial charge in [-0.1, -0.05) is 12.1 Å². The Morgan fingerprint density at radius 1 is 1.22 bits per heavy atom. The Bertz CT molecular complexity index is 645. The van der Waals surface area contributed by atoms with Crippen molar-refractivity contribution in [3.63, 3.8) is 0 Å². The molecule has 7 nitrogen and oxygen atoms in total. The van der Waals surface area contributed by atoms with Gasteiger partial charge in [-0.3, -0.25) is 0 Å². The van der Waals surface area contributed by atoms with Crippen molar-refractivity contribution in [1.82, 2.24) is 0 Å². The number of hydrogen-bond donors (Lipinski definition) is 3. The second-order valence-corrected chi connectivity index (χ2v) is 5.06. The number of carbonyl (C=O) groups is 2. The molecule has 0 saturated carbocycles. The molecule has 23 heavy (non-hydrogen) atoms. The molecule has 0 spiro atoms. The number of esters is 1. The minimum atomic E-state index is -1.49. The van der Waals surface area contributed by atoms with Crippen LogP contribution in [0, 0.1) is 0 Å². The van der Waals surface area contributed by atoms with E-state index in [0.29, 0.717) is 5.56 Å². The molecule has 1 aromatic rings. The van der Waals surface area contributed by atoms with Crippen LogP contribution >= 0.6 is 0 Å². The standard InChI is InChI=1S/C16H16O7/c17-11-4-1-9(2-5-11)3-6-14(19)23-13-8-10(16(21)22)7-12(18)15(13)20/h1-7,12-13,15,17-18,20H,8H2,(H,21,22)/p-1/b6-3+. The third kappa shape index (κ3) is 4.41. The van der Waals surface area contributed by atoms with E-state index in [1.165, 1.54) is 18.2 Å². The lowest BCUT2D eigenvalue weighted by molar-refractivity contribution is -0.300. The molecule has 3 N–H and O–H groups in total. The number of aromatic hydroxyl groups is 1. The summed E-state index contributed by atoms with van der Waals surface area (Å²) in [4.78, 5) is 22.6. The van der Waals surface area contributed by atoms with Crippen molar-refractivity contribution in [3.05, 3.63) is 47.6 Å². The summed E-state index contributed by atoms with van der Waals surface area (Å²) >= 11 is 0. The monoisotopic (exact) mass is 319 g/mol. The zero-order valence-corrected chi connectivity index (χ0v) is 12.0. The normalized spacial score (nSPS) is 24.3. The summed E-state index contributed by atoms with van der Waals surface area (Å²) in [5.74, 6) is -2.20. The average Bonchev–Trinajstić information content (AvgIpc) is 2.51. The molecule has 2 rings (SSSR count). The summed E-state index contributed by atoms with van der Waals surface area (Å²) in [6, 6.07) is 6.05. The van der Waals surface area contributed by atoms with Gasteiger partial charge in [0.25, 0.3) is 0 Å². The maximum absolute atomic E-state index is 11.7. The molecule has 3 atom stereocenters. The Hall–Kier alpha value is -2.64. The summed E-state index contributed by atoms with van der Waals surface area (Å²) < 4.78 is 4.98. The number of phenols is 1. The van der Waals surface area contributed by atoms with Crippen molar-refractivity contribution >= 4 is 18.0 Å². The number of carbonyl (C=O) groups excluding carboxylic acids is 2. The molecule has 1 aliphatic rings. The second kappa shape index (κ2) is 7.08. The molecule has 0 radical (unpaired) electrons. The highest BCUT2D eigenvalue weighted by molar-refractivity contribution is 5.88. The van der Waals surface area contributed by atoms with Crippen molar-refractivity contribution in [2.24, 2.45) is 0 Å². The first-order chi connectivity index (χ1) is 10.9. The quantitative estimate of drug-likeness (QED) is 0.486. The molecule has 3 unspecified atom stereocenters. The number of aliphatic hydroxyl groups is 2. The third-order valence-electron chi connectivity index (χ3n) is 3.36. The van der Waals surface area contributed by atoms with Crippen molar-refractivity contribution in [2.75, 3.05) is 0 Å². The number of phenolic OH excluding ortho intramolecular Hbond substituents is 1. The number of ether oxygens (including phenoxy) is 1. The number of rotatable bonds is 4. The van der Waals surface area contributed by atoms with Gasteiger partial charge >= 0.3 is 5.97 Å². The predicted molar refractivity (Wildman–Crippen MR) is 76.7 cm³/mol. The van der Waals surface area contributed by atoms with E-state index in [-0.39, 0.29) is 17.7 Å². The van der Waals surface area contributed by atoms with E-state index < -0.39 is 30.3 Å². The molecule has 0 aromatic heterocycles. The zero-order chi connectivity index (χ0) is 17.0.